The van der Waals surface area contributed by atoms with Gasteiger partial charge in [0.05, 0.1) is 49.7 Å². The summed E-state index contributed by atoms with van der Waals surface area (Å²) in [6, 6.07) is 26.4. The number of rotatable bonds is 10. The van der Waals surface area contributed by atoms with Crippen molar-refractivity contribution in [1.29, 1.82) is 0 Å². The van der Waals surface area contributed by atoms with Gasteiger partial charge in [-0.25, -0.2) is 0 Å². The van der Waals surface area contributed by atoms with E-state index in [1.54, 1.807) is 30.2 Å². The van der Waals surface area contributed by atoms with Gasteiger partial charge < -0.3 is 34.9 Å². The second-order valence-corrected chi connectivity index (χ2v) is 14.0. The average Bonchev–Trinajstić information content (AvgIpc) is 3.49. The minimum absolute atomic E-state index is 0.0308. The molecule has 0 saturated heterocycles. The summed E-state index contributed by atoms with van der Waals surface area (Å²) in [7, 11) is 1.55. The van der Waals surface area contributed by atoms with Gasteiger partial charge in [0.15, 0.2) is 11.5 Å². The number of hydrogen-bond acceptors (Lipinski definition) is 8. The van der Waals surface area contributed by atoms with E-state index in [4.69, 9.17) is 36.5 Å². The van der Waals surface area contributed by atoms with Crippen molar-refractivity contribution in [2.24, 2.45) is 4.99 Å². The number of nitrogens with two attached hydrogens (primary N) is 1. The minimum Gasteiger partial charge on any atom is -0.507 e. The fraction of sp³-hybridized carbons (Fsp3) is 0.262. The molecule has 3 heterocycles. The van der Waals surface area contributed by atoms with E-state index in [1.165, 1.54) is 5.56 Å². The number of fused-ring (bicyclic) bond motifs is 6. The molecule has 0 unspecified atom stereocenters. The van der Waals surface area contributed by atoms with Gasteiger partial charge in [-0.2, -0.15) is 0 Å². The Morgan fingerprint density at radius 3 is 2.51 bits per heavy atom. The van der Waals surface area contributed by atoms with Crippen molar-refractivity contribution in [3.05, 3.63) is 118 Å². The number of alkyl halides is 1. The van der Waals surface area contributed by atoms with Crippen molar-refractivity contribution in [2.45, 2.75) is 44.6 Å². The van der Waals surface area contributed by atoms with Crippen molar-refractivity contribution in [3.63, 3.8) is 0 Å². The van der Waals surface area contributed by atoms with Gasteiger partial charge in [-0.05, 0) is 63.9 Å². The fourth-order valence-corrected chi connectivity index (χ4v) is 7.97. The zero-order valence-corrected chi connectivity index (χ0v) is 30.0. The number of nitrogens with zero attached hydrogens (tertiary/aromatic N) is 3. The number of halogens is 1. The van der Waals surface area contributed by atoms with Crippen LogP contribution in [-0.4, -0.2) is 60.2 Å². The molecule has 0 aromatic heterocycles. The first-order valence-corrected chi connectivity index (χ1v) is 18.2. The van der Waals surface area contributed by atoms with E-state index in [-0.39, 0.29) is 55.8 Å². The minimum atomic E-state index is -0.137. The van der Waals surface area contributed by atoms with Gasteiger partial charge in [-0.1, -0.05) is 48.5 Å². The lowest BCUT2D eigenvalue weighted by Gasteiger charge is -2.34. The molecule has 2 atom stereocenters. The summed E-state index contributed by atoms with van der Waals surface area (Å²) < 4.78 is 17.8. The predicted octanol–water partition coefficient (Wildman–Crippen LogP) is 7.27. The summed E-state index contributed by atoms with van der Waals surface area (Å²) in [5.74, 6) is 1.17. The Hall–Kier alpha value is -5.58. The second kappa shape index (κ2) is 14.4. The molecule has 3 aliphatic heterocycles. The zero-order valence-electron chi connectivity index (χ0n) is 29.3. The summed E-state index contributed by atoms with van der Waals surface area (Å²) in [5, 5.41) is 12.4. The van der Waals surface area contributed by atoms with E-state index in [2.05, 4.69) is 12.1 Å². The van der Waals surface area contributed by atoms with Gasteiger partial charge in [0.2, 0.25) is 5.91 Å². The Kier molecular flexibility index (Phi) is 9.40. The highest BCUT2D eigenvalue weighted by Crippen LogP contribution is 2.45. The number of aromatic hydroxyl groups is 1. The van der Waals surface area contributed by atoms with Crippen LogP contribution in [0.2, 0.25) is 0 Å². The van der Waals surface area contributed by atoms with Crippen LogP contribution in [0.4, 0.5) is 17.1 Å². The number of phenols is 1. The van der Waals surface area contributed by atoms with E-state index in [9.17, 15) is 14.7 Å². The van der Waals surface area contributed by atoms with Crippen molar-refractivity contribution in [2.75, 3.05) is 36.8 Å². The molecule has 11 heteroatoms. The van der Waals surface area contributed by atoms with E-state index >= 15 is 0 Å². The van der Waals surface area contributed by atoms with Gasteiger partial charge in [0.25, 0.3) is 5.91 Å². The summed E-state index contributed by atoms with van der Waals surface area (Å²) in [5.41, 5.74) is 13.5. The Labute approximate surface area is 312 Å². The first kappa shape index (κ1) is 34.5. The Balaban J connectivity index is 0.907. The molecule has 8 rings (SSSR count). The SMILES string of the molecule is COc1cc2c(cc1OCc1cc(N)cc(COCCC(=O)N3C[C@@H](CCl)c4c3cc(O)c3ccccc43)c1)N=C[C@@H]1Cc3ccccc3CN1C2=O. The number of methoxy groups -OCH3 is 1. The van der Waals surface area contributed by atoms with Gasteiger partial charge >= 0.3 is 0 Å². The first-order chi connectivity index (χ1) is 25.8. The van der Waals surface area contributed by atoms with Crippen LogP contribution in [0.1, 0.15) is 50.5 Å². The van der Waals surface area contributed by atoms with Crippen LogP contribution in [0.25, 0.3) is 10.8 Å². The molecule has 53 heavy (non-hydrogen) atoms. The number of amides is 2. The van der Waals surface area contributed by atoms with Gasteiger partial charge in [-0.15, -0.1) is 11.6 Å². The lowest BCUT2D eigenvalue weighted by atomic mass is 9.94. The van der Waals surface area contributed by atoms with Crippen molar-refractivity contribution in [1.82, 2.24) is 4.90 Å². The number of nitrogen functional groups attached to an aromatic ring is 1. The van der Waals surface area contributed by atoms with E-state index in [1.807, 2.05) is 65.7 Å². The molecule has 0 spiro atoms. The highest BCUT2D eigenvalue weighted by Gasteiger charge is 2.35. The Morgan fingerprint density at radius 2 is 1.72 bits per heavy atom. The first-order valence-electron chi connectivity index (χ1n) is 17.6. The standard InChI is InChI=1S/C42H39ClN4O6/c1-51-38-16-34-35(45-20-31-15-27-6-2-3-7-28(27)21-46(31)42(34)50)17-39(38)53-24-26-12-25(13-30(44)14-26)23-52-11-10-40(49)47-22-29(19-43)41-33-9-5-4-8-32(33)37(48)18-36(41)47/h2-9,12-14,16-18,20,29,31,48H,10-11,15,19,21-24,44H2,1H3/t29-,31+/m1/s1. The molecule has 3 N–H and O–H groups in total. The van der Waals surface area contributed by atoms with Crippen molar-refractivity contribution < 1.29 is 28.9 Å². The van der Waals surface area contributed by atoms with Crippen LogP contribution in [-0.2, 0) is 35.7 Å². The summed E-state index contributed by atoms with van der Waals surface area (Å²) in [4.78, 5) is 35.4. The second-order valence-electron chi connectivity index (χ2n) is 13.7. The fourth-order valence-electron chi connectivity index (χ4n) is 7.72. The molecule has 5 aromatic carbocycles. The van der Waals surface area contributed by atoms with Crippen LogP contribution in [0.3, 0.4) is 0 Å². The average molecular weight is 731 g/mol. The molecule has 3 aliphatic rings. The van der Waals surface area contributed by atoms with Gasteiger partial charge in [-0.3, -0.25) is 14.6 Å². The topological polar surface area (TPSA) is 127 Å². The van der Waals surface area contributed by atoms with E-state index < -0.39 is 0 Å². The lowest BCUT2D eigenvalue weighted by molar-refractivity contribution is -0.119. The molecular weight excluding hydrogens is 692 g/mol. The van der Waals surface area contributed by atoms with Gasteiger partial charge in [0.1, 0.15) is 12.4 Å². The third kappa shape index (κ3) is 6.64. The highest BCUT2D eigenvalue weighted by molar-refractivity contribution is 6.19. The molecule has 0 bridgehead atoms. The van der Waals surface area contributed by atoms with E-state index in [0.29, 0.717) is 59.5 Å². The van der Waals surface area contributed by atoms with Crippen LogP contribution >= 0.6 is 11.6 Å². The lowest BCUT2D eigenvalue weighted by Crippen LogP contribution is -2.44. The number of anilines is 2. The molecule has 5 aromatic rings. The maximum Gasteiger partial charge on any atom is 0.257 e. The molecule has 0 fully saturated rings. The smallest absolute Gasteiger partial charge is 0.257 e. The zero-order chi connectivity index (χ0) is 36.6. The number of benzene rings is 5. The molecule has 10 nitrogen and oxygen atoms in total. The number of carbonyl (C=O) groups excluding carboxylic acids is 2. The number of aliphatic imine (C=N–C) groups is 1. The van der Waals surface area contributed by atoms with E-state index in [0.717, 1.165) is 33.0 Å². The van der Waals surface area contributed by atoms with Crippen molar-refractivity contribution in [3.8, 4) is 17.2 Å². The number of phenolic OH excluding ortho intramolecular Hbond substituents is 1. The highest BCUT2D eigenvalue weighted by atomic mass is 35.5. The number of carbonyl (C=O) groups is 2. The number of hydrogen-bond donors (Lipinski definition) is 2. The Bertz CT molecular complexity index is 2270. The maximum atomic E-state index is 13.7. The molecule has 0 radical (unpaired) electrons. The number of ether oxygens (including phenoxy) is 3. The van der Waals surface area contributed by atoms with Crippen LogP contribution in [0, 0.1) is 0 Å². The van der Waals surface area contributed by atoms with Crippen LogP contribution < -0.4 is 20.1 Å². The molecule has 270 valence electrons. The monoisotopic (exact) mass is 730 g/mol. The maximum absolute atomic E-state index is 13.7. The van der Waals surface area contributed by atoms with Crippen LogP contribution in [0.5, 0.6) is 17.2 Å². The third-order valence-electron chi connectivity index (χ3n) is 10.3. The third-order valence-corrected chi connectivity index (χ3v) is 10.7. The molecule has 2 amide bonds. The largest absolute Gasteiger partial charge is 0.507 e. The summed E-state index contributed by atoms with van der Waals surface area (Å²) >= 11 is 6.34. The normalized spacial score (nSPS) is 17.2. The van der Waals surface area contributed by atoms with Crippen LogP contribution in [0.15, 0.2) is 89.9 Å². The van der Waals surface area contributed by atoms with Gasteiger partial charge in [0, 0.05) is 54.3 Å². The molecular formula is C42H39ClN4O6. The molecule has 0 saturated carbocycles. The summed E-state index contributed by atoms with van der Waals surface area (Å²) in [6.45, 7) is 1.61. The Morgan fingerprint density at radius 1 is 0.962 bits per heavy atom. The predicted molar refractivity (Wildman–Crippen MR) is 206 cm³/mol. The van der Waals surface area contributed by atoms with Crippen molar-refractivity contribution >= 4 is 57.5 Å². The molecule has 0 aliphatic carbocycles. The quantitative estimate of drug-likeness (QED) is 0.0879. The summed E-state index contributed by atoms with van der Waals surface area (Å²) in [6.07, 6.45) is 2.72.